The highest BCUT2D eigenvalue weighted by Gasteiger charge is 2.29. The van der Waals surface area contributed by atoms with Crippen molar-refractivity contribution in [1.29, 1.82) is 0 Å². The van der Waals surface area contributed by atoms with E-state index in [0.29, 0.717) is 28.7 Å². The van der Waals surface area contributed by atoms with Gasteiger partial charge in [-0.15, -0.1) is 0 Å². The van der Waals surface area contributed by atoms with Crippen molar-refractivity contribution in [3.63, 3.8) is 0 Å². The molecule has 3 rings (SSSR count). The van der Waals surface area contributed by atoms with Crippen molar-refractivity contribution >= 4 is 17.3 Å². The van der Waals surface area contributed by atoms with Crippen LogP contribution in [0.5, 0.6) is 23.0 Å². The number of allylic oxidation sites excluding steroid dienone is 2. The topological polar surface area (TPSA) is 83.1 Å². The monoisotopic (exact) mass is 369 g/mol. The molecule has 0 heterocycles. The maximum atomic E-state index is 12.8. The maximum Gasteiger partial charge on any atom is 0.210 e. The number of methoxy groups -OCH3 is 4. The van der Waals surface area contributed by atoms with E-state index in [9.17, 15) is 9.59 Å². The van der Waals surface area contributed by atoms with Gasteiger partial charge in [-0.1, -0.05) is 6.07 Å². The highest BCUT2D eigenvalue weighted by atomic mass is 16.5. The molecule has 0 bridgehead atoms. The first-order chi connectivity index (χ1) is 13.0. The van der Waals surface area contributed by atoms with Crippen LogP contribution >= 0.6 is 0 Å². The molecule has 27 heavy (non-hydrogen) atoms. The number of hydrogen-bond acceptors (Lipinski definition) is 7. The van der Waals surface area contributed by atoms with E-state index in [2.05, 4.69) is 5.32 Å². The molecule has 0 saturated carbocycles. The fourth-order valence-electron chi connectivity index (χ4n) is 2.96. The Morgan fingerprint density at radius 2 is 1.44 bits per heavy atom. The summed E-state index contributed by atoms with van der Waals surface area (Å²) in [6.07, 6.45) is 1.26. The van der Waals surface area contributed by atoms with Gasteiger partial charge in [0.25, 0.3) is 0 Å². The van der Waals surface area contributed by atoms with E-state index in [0.717, 1.165) is 0 Å². The smallest absolute Gasteiger partial charge is 0.210 e. The van der Waals surface area contributed by atoms with Crippen molar-refractivity contribution in [2.24, 2.45) is 0 Å². The van der Waals surface area contributed by atoms with Crippen LogP contribution in [0.25, 0.3) is 0 Å². The molecule has 0 saturated heterocycles. The first-order valence-electron chi connectivity index (χ1n) is 8.08. The van der Waals surface area contributed by atoms with E-state index in [4.69, 9.17) is 18.9 Å². The van der Waals surface area contributed by atoms with Crippen LogP contribution in [0.1, 0.15) is 20.7 Å². The van der Waals surface area contributed by atoms with Gasteiger partial charge in [0.15, 0.2) is 17.3 Å². The fraction of sp³-hybridized carbons (Fsp3) is 0.200. The lowest BCUT2D eigenvalue weighted by molar-refractivity contribution is 0.0983. The Morgan fingerprint density at radius 3 is 2.00 bits per heavy atom. The summed E-state index contributed by atoms with van der Waals surface area (Å²) in [5, 5.41) is 2.97. The lowest BCUT2D eigenvalue weighted by atomic mass is 9.91. The quantitative estimate of drug-likeness (QED) is 0.838. The minimum absolute atomic E-state index is 0.148. The molecule has 0 aliphatic heterocycles. The minimum Gasteiger partial charge on any atom is -0.496 e. The molecule has 0 unspecified atom stereocenters. The molecule has 0 aromatic heterocycles. The number of carbonyl (C=O) groups is 2. The molecule has 7 heteroatoms. The summed E-state index contributed by atoms with van der Waals surface area (Å²) in [4.78, 5) is 25.4. The highest BCUT2D eigenvalue weighted by Crippen LogP contribution is 2.40. The zero-order valence-corrected chi connectivity index (χ0v) is 15.4. The number of anilines is 1. The zero-order chi connectivity index (χ0) is 19.6. The van der Waals surface area contributed by atoms with Gasteiger partial charge in [0.2, 0.25) is 11.5 Å². The second-order valence-corrected chi connectivity index (χ2v) is 5.67. The van der Waals surface area contributed by atoms with Gasteiger partial charge in [-0.3, -0.25) is 9.59 Å². The van der Waals surface area contributed by atoms with Crippen molar-refractivity contribution in [3.8, 4) is 23.0 Å². The Bertz CT molecular complexity index is 922. The van der Waals surface area contributed by atoms with E-state index in [1.54, 1.807) is 30.3 Å². The lowest BCUT2D eigenvalue weighted by Crippen LogP contribution is -2.22. The Balaban J connectivity index is 2.00. The molecule has 1 aliphatic carbocycles. The van der Waals surface area contributed by atoms with Crippen LogP contribution in [0.15, 0.2) is 42.1 Å². The fourth-order valence-corrected chi connectivity index (χ4v) is 2.96. The second-order valence-electron chi connectivity index (χ2n) is 5.67. The standard InChI is InChI=1S/C20H19NO6/c1-24-15-7-5-6-12-18(15)14(22)10-13(19(12)23)21-11-8-16(25-2)20(27-4)17(9-11)26-3/h5-10,21H,1-4H3. The first kappa shape index (κ1) is 18.3. The molecule has 2 aromatic carbocycles. The number of fused-ring (bicyclic) bond motifs is 1. The Morgan fingerprint density at radius 1 is 0.815 bits per heavy atom. The van der Waals surface area contributed by atoms with Crippen LogP contribution in [0.4, 0.5) is 5.69 Å². The average Bonchev–Trinajstić information content (AvgIpc) is 2.70. The molecule has 0 amide bonds. The van der Waals surface area contributed by atoms with E-state index in [1.165, 1.54) is 34.5 Å². The van der Waals surface area contributed by atoms with Gasteiger partial charge in [-0.2, -0.15) is 0 Å². The van der Waals surface area contributed by atoms with Crippen LogP contribution in [0, 0.1) is 0 Å². The average molecular weight is 369 g/mol. The normalized spacial score (nSPS) is 12.8. The number of carbonyl (C=O) groups excluding carboxylic acids is 2. The van der Waals surface area contributed by atoms with Gasteiger partial charge >= 0.3 is 0 Å². The van der Waals surface area contributed by atoms with Gasteiger partial charge in [-0.05, 0) is 12.1 Å². The van der Waals surface area contributed by atoms with E-state index in [1.807, 2.05) is 0 Å². The summed E-state index contributed by atoms with van der Waals surface area (Å²) in [6, 6.07) is 8.23. The third-order valence-electron chi connectivity index (χ3n) is 4.20. The predicted molar refractivity (Wildman–Crippen MR) is 99.5 cm³/mol. The van der Waals surface area contributed by atoms with Crippen molar-refractivity contribution in [3.05, 3.63) is 53.2 Å². The van der Waals surface area contributed by atoms with Crippen molar-refractivity contribution in [2.75, 3.05) is 33.8 Å². The molecule has 0 atom stereocenters. The first-order valence-corrected chi connectivity index (χ1v) is 8.08. The Kier molecular flexibility index (Phi) is 5.03. The predicted octanol–water partition coefficient (Wildman–Crippen LogP) is 3.10. The molecular formula is C20H19NO6. The lowest BCUT2D eigenvalue weighted by Gasteiger charge is -2.19. The molecule has 7 nitrogen and oxygen atoms in total. The number of rotatable bonds is 6. The summed E-state index contributed by atoms with van der Waals surface area (Å²) in [5.41, 5.74) is 1.22. The molecule has 0 radical (unpaired) electrons. The largest absolute Gasteiger partial charge is 0.496 e. The summed E-state index contributed by atoms with van der Waals surface area (Å²) in [7, 11) is 5.96. The van der Waals surface area contributed by atoms with Crippen LogP contribution in [0.3, 0.4) is 0 Å². The minimum atomic E-state index is -0.308. The third kappa shape index (κ3) is 3.19. The van der Waals surface area contributed by atoms with Crippen molar-refractivity contribution < 1.29 is 28.5 Å². The van der Waals surface area contributed by atoms with Gasteiger partial charge < -0.3 is 24.3 Å². The van der Waals surface area contributed by atoms with Crippen LogP contribution < -0.4 is 24.3 Å². The van der Waals surface area contributed by atoms with E-state index in [-0.39, 0.29) is 28.4 Å². The van der Waals surface area contributed by atoms with Crippen LogP contribution in [-0.2, 0) is 0 Å². The highest BCUT2D eigenvalue weighted by molar-refractivity contribution is 6.26. The van der Waals surface area contributed by atoms with Gasteiger partial charge in [0.1, 0.15) is 5.75 Å². The van der Waals surface area contributed by atoms with Gasteiger partial charge in [0.05, 0.1) is 39.7 Å². The number of ether oxygens (including phenoxy) is 4. The molecule has 0 spiro atoms. The number of Topliss-reactive ketones (excluding diaryl/α,β-unsaturated/α-hetero) is 1. The molecule has 140 valence electrons. The van der Waals surface area contributed by atoms with Crippen LogP contribution in [-0.4, -0.2) is 40.0 Å². The van der Waals surface area contributed by atoms with Gasteiger partial charge in [-0.25, -0.2) is 0 Å². The summed E-state index contributed by atoms with van der Waals surface area (Å²) in [6.45, 7) is 0. The number of ketones is 2. The maximum absolute atomic E-state index is 12.8. The van der Waals surface area contributed by atoms with E-state index >= 15 is 0 Å². The zero-order valence-electron chi connectivity index (χ0n) is 15.4. The van der Waals surface area contributed by atoms with Crippen molar-refractivity contribution in [2.45, 2.75) is 0 Å². The Hall–Kier alpha value is -3.48. The third-order valence-corrected chi connectivity index (χ3v) is 4.20. The van der Waals surface area contributed by atoms with E-state index < -0.39 is 0 Å². The SMILES string of the molecule is COc1cc(NC2=CC(=O)c3c(OC)cccc3C2=O)cc(OC)c1OC. The summed E-state index contributed by atoms with van der Waals surface area (Å²) < 4.78 is 21.1. The number of hydrogen-bond donors (Lipinski definition) is 1. The summed E-state index contributed by atoms with van der Waals surface area (Å²) in [5.74, 6) is 1.04. The Labute approximate surface area is 156 Å². The molecule has 1 N–H and O–H groups in total. The van der Waals surface area contributed by atoms with Gasteiger partial charge in [0, 0.05) is 29.5 Å². The number of benzene rings is 2. The molecule has 2 aromatic rings. The van der Waals surface area contributed by atoms with Crippen molar-refractivity contribution in [1.82, 2.24) is 0 Å². The molecule has 1 aliphatic rings. The second kappa shape index (κ2) is 7.41. The number of nitrogens with one attached hydrogen (secondary N) is 1. The molecule has 0 fully saturated rings. The van der Waals surface area contributed by atoms with Crippen LogP contribution in [0.2, 0.25) is 0 Å². The molecular weight excluding hydrogens is 350 g/mol. The summed E-state index contributed by atoms with van der Waals surface area (Å²) >= 11 is 0.